The molecule has 0 radical (unpaired) electrons. The molecule has 0 saturated heterocycles. The number of nitrogens with zero attached hydrogens (tertiary/aromatic N) is 1. The van der Waals surface area contributed by atoms with Gasteiger partial charge >= 0.3 is 0 Å². The molecule has 0 aliphatic carbocycles. The zero-order valence-electron chi connectivity index (χ0n) is 10.4. The molecule has 0 spiro atoms. The zero-order chi connectivity index (χ0) is 13.1. The highest BCUT2D eigenvalue weighted by molar-refractivity contribution is 9.10. The van der Waals surface area contributed by atoms with Crippen LogP contribution in [0.2, 0.25) is 0 Å². The van der Waals surface area contributed by atoms with E-state index < -0.39 is 0 Å². The predicted molar refractivity (Wildman–Crippen MR) is 78.1 cm³/mol. The molecule has 0 bridgehead atoms. The average Bonchev–Trinajstić information content (AvgIpc) is 2.39. The molecule has 0 aliphatic rings. The summed E-state index contributed by atoms with van der Waals surface area (Å²) in [5, 5.41) is 0. The lowest BCUT2D eigenvalue weighted by Gasteiger charge is -2.17. The van der Waals surface area contributed by atoms with Gasteiger partial charge in [-0.05, 0) is 43.3 Å². The molecule has 92 valence electrons. The summed E-state index contributed by atoms with van der Waals surface area (Å²) in [5.41, 5.74) is 2.76. The van der Waals surface area contributed by atoms with Crippen molar-refractivity contribution in [1.29, 1.82) is 0 Å². The van der Waals surface area contributed by atoms with E-state index >= 15 is 0 Å². The van der Waals surface area contributed by atoms with E-state index in [9.17, 15) is 4.79 Å². The van der Waals surface area contributed by atoms with Crippen LogP contribution >= 0.6 is 15.9 Å². The van der Waals surface area contributed by atoms with Crippen LogP contribution in [0.1, 0.15) is 15.9 Å². The van der Waals surface area contributed by atoms with Crippen molar-refractivity contribution in [1.82, 2.24) is 0 Å². The van der Waals surface area contributed by atoms with E-state index in [0.717, 1.165) is 10.2 Å². The van der Waals surface area contributed by atoms with Crippen molar-refractivity contribution in [3.8, 4) is 0 Å². The number of halogens is 1. The summed E-state index contributed by atoms with van der Waals surface area (Å²) in [5.74, 6) is -0.00801. The lowest BCUT2D eigenvalue weighted by Crippen LogP contribution is -2.26. The summed E-state index contributed by atoms with van der Waals surface area (Å²) in [4.78, 5) is 13.9. The van der Waals surface area contributed by atoms with Gasteiger partial charge in [0.05, 0.1) is 0 Å². The van der Waals surface area contributed by atoms with E-state index in [-0.39, 0.29) is 5.91 Å². The van der Waals surface area contributed by atoms with E-state index in [2.05, 4.69) is 15.9 Å². The van der Waals surface area contributed by atoms with Crippen molar-refractivity contribution in [3.63, 3.8) is 0 Å². The van der Waals surface area contributed by atoms with E-state index in [4.69, 9.17) is 0 Å². The van der Waals surface area contributed by atoms with Gasteiger partial charge in [0.15, 0.2) is 0 Å². The van der Waals surface area contributed by atoms with Crippen molar-refractivity contribution in [2.24, 2.45) is 0 Å². The van der Waals surface area contributed by atoms with Crippen molar-refractivity contribution in [2.45, 2.75) is 6.92 Å². The highest BCUT2D eigenvalue weighted by Gasteiger charge is 2.12. The van der Waals surface area contributed by atoms with E-state index in [1.165, 1.54) is 5.56 Å². The molecule has 0 aliphatic heterocycles. The first-order valence-electron chi connectivity index (χ1n) is 5.68. The van der Waals surface area contributed by atoms with Gasteiger partial charge in [0.25, 0.3) is 5.91 Å². The fourth-order valence-corrected chi connectivity index (χ4v) is 1.94. The molecule has 3 heteroatoms. The number of benzene rings is 2. The van der Waals surface area contributed by atoms with Gasteiger partial charge in [-0.2, -0.15) is 0 Å². The van der Waals surface area contributed by atoms with Crippen LogP contribution in [0, 0.1) is 6.92 Å². The number of rotatable bonds is 2. The minimum Gasteiger partial charge on any atom is -0.311 e. The van der Waals surface area contributed by atoms with Crippen LogP contribution in [-0.2, 0) is 0 Å². The highest BCUT2D eigenvalue weighted by atomic mass is 79.9. The van der Waals surface area contributed by atoms with Crippen molar-refractivity contribution >= 4 is 27.5 Å². The highest BCUT2D eigenvalue weighted by Crippen LogP contribution is 2.17. The third-order valence-corrected chi connectivity index (χ3v) is 3.35. The monoisotopic (exact) mass is 303 g/mol. The fourth-order valence-electron chi connectivity index (χ4n) is 1.67. The van der Waals surface area contributed by atoms with Crippen LogP contribution in [0.25, 0.3) is 0 Å². The number of amides is 1. The summed E-state index contributed by atoms with van der Waals surface area (Å²) < 4.78 is 0.969. The Morgan fingerprint density at radius 3 is 2.11 bits per heavy atom. The van der Waals surface area contributed by atoms with Gasteiger partial charge in [0.1, 0.15) is 0 Å². The average molecular weight is 304 g/mol. The topological polar surface area (TPSA) is 20.3 Å². The summed E-state index contributed by atoms with van der Waals surface area (Å²) in [6.45, 7) is 2.03. The SMILES string of the molecule is Cc1ccc(N(C)C(=O)c2ccc(Br)cc2)cc1. The van der Waals surface area contributed by atoms with Crippen LogP contribution in [0.5, 0.6) is 0 Å². The molecule has 0 fully saturated rings. The van der Waals surface area contributed by atoms with Crippen LogP contribution in [0.3, 0.4) is 0 Å². The molecule has 0 saturated carbocycles. The second kappa shape index (κ2) is 5.36. The quantitative estimate of drug-likeness (QED) is 0.820. The van der Waals surface area contributed by atoms with Crippen molar-refractivity contribution < 1.29 is 4.79 Å². The molecule has 18 heavy (non-hydrogen) atoms. The first-order valence-corrected chi connectivity index (χ1v) is 6.47. The maximum absolute atomic E-state index is 12.3. The third kappa shape index (κ3) is 2.79. The van der Waals surface area contributed by atoms with E-state index in [1.54, 1.807) is 11.9 Å². The summed E-state index contributed by atoms with van der Waals surface area (Å²) in [6.07, 6.45) is 0. The fraction of sp³-hybridized carbons (Fsp3) is 0.133. The molecular weight excluding hydrogens is 290 g/mol. The smallest absolute Gasteiger partial charge is 0.258 e. The Kier molecular flexibility index (Phi) is 3.82. The molecule has 1 amide bonds. The second-order valence-electron chi connectivity index (χ2n) is 4.21. The second-order valence-corrected chi connectivity index (χ2v) is 5.12. The summed E-state index contributed by atoms with van der Waals surface area (Å²) >= 11 is 3.36. The first kappa shape index (κ1) is 12.8. The van der Waals surface area contributed by atoms with Crippen molar-refractivity contribution in [2.75, 3.05) is 11.9 Å². The summed E-state index contributed by atoms with van der Waals surface area (Å²) in [6, 6.07) is 15.3. The lowest BCUT2D eigenvalue weighted by atomic mass is 10.1. The van der Waals surface area contributed by atoms with E-state index in [0.29, 0.717) is 5.56 Å². The van der Waals surface area contributed by atoms with Crippen molar-refractivity contribution in [3.05, 3.63) is 64.1 Å². The minimum atomic E-state index is -0.00801. The van der Waals surface area contributed by atoms with Gasteiger partial charge in [-0.15, -0.1) is 0 Å². The molecule has 0 unspecified atom stereocenters. The van der Waals surface area contributed by atoms with Gasteiger partial charge < -0.3 is 4.90 Å². The number of carbonyl (C=O) groups excluding carboxylic acids is 1. The van der Waals surface area contributed by atoms with Crippen LogP contribution in [-0.4, -0.2) is 13.0 Å². The third-order valence-electron chi connectivity index (χ3n) is 2.82. The molecule has 0 N–H and O–H groups in total. The predicted octanol–water partition coefficient (Wildman–Crippen LogP) is 4.03. The Bertz CT molecular complexity index is 546. The number of hydrogen-bond acceptors (Lipinski definition) is 1. The number of carbonyl (C=O) groups is 1. The Morgan fingerprint density at radius 1 is 1.00 bits per heavy atom. The van der Waals surface area contributed by atoms with Gasteiger partial charge in [-0.25, -0.2) is 0 Å². The summed E-state index contributed by atoms with van der Waals surface area (Å²) in [7, 11) is 1.79. The molecule has 2 aromatic rings. The lowest BCUT2D eigenvalue weighted by molar-refractivity contribution is 0.0993. The number of hydrogen-bond donors (Lipinski definition) is 0. The zero-order valence-corrected chi connectivity index (χ0v) is 11.9. The van der Waals surface area contributed by atoms with Crippen LogP contribution in [0.15, 0.2) is 53.0 Å². The van der Waals surface area contributed by atoms with Gasteiger partial charge in [-0.1, -0.05) is 33.6 Å². The van der Waals surface area contributed by atoms with Gasteiger partial charge in [0.2, 0.25) is 0 Å². The molecule has 0 atom stereocenters. The Morgan fingerprint density at radius 2 is 1.56 bits per heavy atom. The standard InChI is InChI=1S/C15H14BrNO/c1-11-3-9-14(10-4-11)17(2)15(18)12-5-7-13(16)8-6-12/h3-10H,1-2H3. The number of aryl methyl sites for hydroxylation is 1. The molecule has 2 rings (SSSR count). The van der Waals surface area contributed by atoms with Crippen LogP contribution < -0.4 is 4.90 Å². The largest absolute Gasteiger partial charge is 0.311 e. The molecule has 2 nitrogen and oxygen atoms in total. The van der Waals surface area contributed by atoms with Crippen LogP contribution in [0.4, 0.5) is 5.69 Å². The first-order chi connectivity index (χ1) is 8.58. The maximum atomic E-state index is 12.3. The maximum Gasteiger partial charge on any atom is 0.258 e. The molecule has 2 aromatic carbocycles. The normalized spacial score (nSPS) is 10.2. The van der Waals surface area contributed by atoms with E-state index in [1.807, 2.05) is 55.5 Å². The Labute approximate surface area is 115 Å². The Hall–Kier alpha value is -1.61. The van der Waals surface area contributed by atoms with Gasteiger partial charge in [0, 0.05) is 22.8 Å². The van der Waals surface area contributed by atoms with Gasteiger partial charge in [-0.3, -0.25) is 4.79 Å². The number of anilines is 1. The molecular formula is C15H14BrNO. The molecule has 0 aromatic heterocycles. The Balaban J connectivity index is 2.23. The molecule has 0 heterocycles. The minimum absolute atomic E-state index is 0.00801.